The molecule has 1 saturated carbocycles. The zero-order valence-corrected chi connectivity index (χ0v) is 10.8. The van der Waals surface area contributed by atoms with E-state index >= 15 is 0 Å². The topological polar surface area (TPSA) is 56.0 Å². The Balaban J connectivity index is 2.22. The Morgan fingerprint density at radius 2 is 1.95 bits per heavy atom. The van der Waals surface area contributed by atoms with E-state index in [0.29, 0.717) is 11.6 Å². The first-order valence-electron chi connectivity index (χ1n) is 6.07. The quantitative estimate of drug-likeness (QED) is 0.623. The van der Waals surface area contributed by atoms with Crippen LogP contribution in [0, 0.1) is 10.1 Å². The van der Waals surface area contributed by atoms with Gasteiger partial charge in [-0.2, -0.15) is 0 Å². The molecule has 0 aliphatic heterocycles. The maximum atomic E-state index is 11.2. The van der Waals surface area contributed by atoms with Crippen molar-refractivity contribution in [2.75, 3.05) is 0 Å². The van der Waals surface area contributed by atoms with Crippen LogP contribution < -0.4 is 0 Å². The van der Waals surface area contributed by atoms with Gasteiger partial charge in [0.2, 0.25) is 0 Å². The monoisotopic (exact) mass is 274 g/mol. The summed E-state index contributed by atoms with van der Waals surface area (Å²) in [5, 5.41) is 11.4. The van der Waals surface area contributed by atoms with Crippen molar-refractivity contribution >= 4 is 17.3 Å². The van der Waals surface area contributed by atoms with Crippen LogP contribution in [0.25, 0.3) is 11.3 Å². The Bertz CT molecular complexity index is 639. The lowest BCUT2D eigenvalue weighted by Gasteiger charge is -2.07. The number of pyridine rings is 1. The first kappa shape index (κ1) is 12.1. The number of hydrogen-bond acceptors (Lipinski definition) is 3. The van der Waals surface area contributed by atoms with E-state index in [2.05, 4.69) is 4.98 Å². The summed E-state index contributed by atoms with van der Waals surface area (Å²) in [7, 11) is 0. The first-order valence-corrected chi connectivity index (χ1v) is 6.45. The average Bonchev–Trinajstić information content (AvgIpc) is 3.22. The average molecular weight is 275 g/mol. The van der Waals surface area contributed by atoms with Crippen LogP contribution >= 0.6 is 11.6 Å². The molecule has 19 heavy (non-hydrogen) atoms. The number of hydrogen-bond donors (Lipinski definition) is 0. The van der Waals surface area contributed by atoms with Gasteiger partial charge in [-0.25, -0.2) is 4.98 Å². The largest absolute Gasteiger partial charge is 0.313 e. The Labute approximate surface area is 115 Å². The highest BCUT2D eigenvalue weighted by molar-refractivity contribution is 6.33. The van der Waals surface area contributed by atoms with Crippen molar-refractivity contribution in [3.05, 3.63) is 57.2 Å². The molecule has 1 aliphatic rings. The zero-order valence-electron chi connectivity index (χ0n) is 10.0. The second kappa shape index (κ2) is 4.63. The number of nitro groups is 1. The molecule has 0 unspecified atom stereocenters. The predicted molar refractivity (Wildman–Crippen MR) is 73.3 cm³/mol. The van der Waals surface area contributed by atoms with Crippen molar-refractivity contribution in [1.82, 2.24) is 4.98 Å². The lowest BCUT2D eigenvalue weighted by atomic mass is 10.1. The van der Waals surface area contributed by atoms with Gasteiger partial charge in [0.15, 0.2) is 0 Å². The van der Waals surface area contributed by atoms with Gasteiger partial charge in [0.1, 0.15) is 10.7 Å². The van der Waals surface area contributed by atoms with Crippen molar-refractivity contribution in [3.8, 4) is 11.3 Å². The van der Waals surface area contributed by atoms with Gasteiger partial charge in [0.25, 0.3) is 0 Å². The van der Waals surface area contributed by atoms with E-state index in [4.69, 9.17) is 11.6 Å². The predicted octanol–water partition coefficient (Wildman–Crippen LogP) is 4.19. The Morgan fingerprint density at radius 3 is 2.53 bits per heavy atom. The lowest BCUT2D eigenvalue weighted by Crippen LogP contribution is -1.99. The molecule has 0 radical (unpaired) electrons. The third kappa shape index (κ3) is 2.31. The van der Waals surface area contributed by atoms with Gasteiger partial charge in [-0.05, 0) is 18.9 Å². The lowest BCUT2D eigenvalue weighted by molar-refractivity contribution is -0.384. The molecular formula is C14H11ClN2O2. The van der Waals surface area contributed by atoms with Crippen molar-refractivity contribution in [2.24, 2.45) is 0 Å². The van der Waals surface area contributed by atoms with Crippen molar-refractivity contribution in [1.29, 1.82) is 0 Å². The first-order chi connectivity index (χ1) is 9.16. The molecule has 96 valence electrons. The van der Waals surface area contributed by atoms with Crippen LogP contribution in [0.15, 0.2) is 36.4 Å². The molecule has 1 heterocycles. The molecule has 4 nitrogen and oxygen atoms in total. The number of halogens is 1. The molecule has 5 heteroatoms. The Hall–Kier alpha value is -1.94. The molecule has 0 saturated heterocycles. The zero-order chi connectivity index (χ0) is 13.4. The molecule has 1 aromatic carbocycles. The number of benzene rings is 1. The minimum Gasteiger partial charge on any atom is -0.258 e. The minimum absolute atomic E-state index is 0.114. The van der Waals surface area contributed by atoms with E-state index < -0.39 is 4.92 Å². The van der Waals surface area contributed by atoms with E-state index in [-0.39, 0.29) is 10.7 Å². The fourth-order valence-corrected chi connectivity index (χ4v) is 2.36. The molecule has 0 atom stereocenters. The minimum atomic E-state index is -0.464. The van der Waals surface area contributed by atoms with Gasteiger partial charge < -0.3 is 0 Å². The van der Waals surface area contributed by atoms with Gasteiger partial charge in [-0.15, -0.1) is 0 Å². The number of aromatic nitrogens is 1. The van der Waals surface area contributed by atoms with Crippen LogP contribution in [0.3, 0.4) is 0 Å². The summed E-state index contributed by atoms with van der Waals surface area (Å²) in [5.74, 6) is 0.403. The van der Waals surface area contributed by atoms with Crippen molar-refractivity contribution < 1.29 is 4.92 Å². The van der Waals surface area contributed by atoms with E-state index in [0.717, 1.165) is 24.1 Å². The SMILES string of the molecule is O=[N+]([O-])c1c(Cl)cc(C2CC2)nc1-c1ccccc1. The second-order valence-corrected chi connectivity index (χ2v) is 5.03. The highest BCUT2D eigenvalue weighted by Gasteiger charge is 2.30. The Kier molecular flexibility index (Phi) is 2.95. The summed E-state index contributed by atoms with van der Waals surface area (Å²) < 4.78 is 0. The molecule has 1 aromatic heterocycles. The fourth-order valence-electron chi connectivity index (χ4n) is 2.08. The van der Waals surface area contributed by atoms with Gasteiger partial charge in [0.05, 0.1) is 4.92 Å². The maximum Gasteiger partial charge on any atom is 0.313 e. The molecule has 0 bridgehead atoms. The third-order valence-corrected chi connectivity index (χ3v) is 3.48. The molecular weight excluding hydrogens is 264 g/mol. The van der Waals surface area contributed by atoms with Crippen LogP contribution in [-0.4, -0.2) is 9.91 Å². The summed E-state index contributed by atoms with van der Waals surface area (Å²) in [4.78, 5) is 15.2. The van der Waals surface area contributed by atoms with Crippen molar-refractivity contribution in [2.45, 2.75) is 18.8 Å². The second-order valence-electron chi connectivity index (χ2n) is 4.62. The smallest absolute Gasteiger partial charge is 0.258 e. The standard InChI is InChI=1S/C14H11ClN2O2/c15-11-8-12(9-6-7-9)16-13(14(11)17(18)19)10-4-2-1-3-5-10/h1-5,8-9H,6-7H2. The molecule has 0 spiro atoms. The molecule has 2 aromatic rings. The summed E-state index contributed by atoms with van der Waals surface area (Å²) in [6.45, 7) is 0. The van der Waals surface area contributed by atoms with E-state index in [1.165, 1.54) is 0 Å². The van der Waals surface area contributed by atoms with Crippen LogP contribution in [0.2, 0.25) is 5.02 Å². The third-order valence-electron chi connectivity index (χ3n) is 3.19. The summed E-state index contributed by atoms with van der Waals surface area (Å²) in [6, 6.07) is 10.8. The molecule has 0 N–H and O–H groups in total. The van der Waals surface area contributed by atoms with Crippen LogP contribution in [0.1, 0.15) is 24.5 Å². The van der Waals surface area contributed by atoms with Crippen LogP contribution in [-0.2, 0) is 0 Å². The molecule has 1 fully saturated rings. The summed E-state index contributed by atoms with van der Waals surface area (Å²) >= 11 is 6.07. The van der Waals surface area contributed by atoms with Gasteiger partial charge in [-0.1, -0.05) is 41.9 Å². The van der Waals surface area contributed by atoms with Gasteiger partial charge in [0, 0.05) is 17.2 Å². The van der Waals surface area contributed by atoms with E-state index in [1.54, 1.807) is 6.07 Å². The van der Waals surface area contributed by atoms with Crippen LogP contribution in [0.4, 0.5) is 5.69 Å². The highest BCUT2D eigenvalue weighted by atomic mass is 35.5. The fraction of sp³-hybridized carbons (Fsp3) is 0.214. The van der Waals surface area contributed by atoms with E-state index in [9.17, 15) is 10.1 Å². The number of rotatable bonds is 3. The van der Waals surface area contributed by atoms with Crippen molar-refractivity contribution in [3.63, 3.8) is 0 Å². The molecule has 1 aliphatic carbocycles. The highest BCUT2D eigenvalue weighted by Crippen LogP contribution is 2.43. The van der Waals surface area contributed by atoms with E-state index in [1.807, 2.05) is 30.3 Å². The summed E-state index contributed by atoms with van der Waals surface area (Å²) in [5.41, 5.74) is 1.82. The van der Waals surface area contributed by atoms with Gasteiger partial charge >= 0.3 is 5.69 Å². The van der Waals surface area contributed by atoms with Gasteiger partial charge in [-0.3, -0.25) is 10.1 Å². The Morgan fingerprint density at radius 1 is 1.26 bits per heavy atom. The molecule has 0 amide bonds. The maximum absolute atomic E-state index is 11.2. The number of nitrogens with zero attached hydrogens (tertiary/aromatic N) is 2. The van der Waals surface area contributed by atoms with Crippen LogP contribution in [0.5, 0.6) is 0 Å². The normalized spacial score (nSPS) is 14.4. The summed E-state index contributed by atoms with van der Waals surface area (Å²) in [6.07, 6.45) is 2.16. The molecule has 3 rings (SSSR count).